The second-order valence-corrected chi connectivity index (χ2v) is 5.55. The van der Waals surface area contributed by atoms with Crippen molar-refractivity contribution in [3.8, 4) is 0 Å². The fourth-order valence-electron chi connectivity index (χ4n) is 2.30. The minimum absolute atomic E-state index is 1.08. The van der Waals surface area contributed by atoms with Crippen molar-refractivity contribution in [2.75, 3.05) is 18.0 Å². The van der Waals surface area contributed by atoms with Crippen molar-refractivity contribution in [1.29, 1.82) is 0 Å². The Balaban J connectivity index is 0.000000396. The SMILES string of the molecule is CC.CC.CCc1ccc(C)nc1.Cc1ccc(N2CCCC2)nc1. The van der Waals surface area contributed by atoms with Crippen LogP contribution < -0.4 is 4.90 Å². The lowest BCUT2D eigenvalue weighted by molar-refractivity contribution is 0.935. The summed E-state index contributed by atoms with van der Waals surface area (Å²) < 4.78 is 0. The van der Waals surface area contributed by atoms with E-state index in [-0.39, 0.29) is 0 Å². The van der Waals surface area contributed by atoms with E-state index in [1.165, 1.54) is 37.1 Å². The van der Waals surface area contributed by atoms with Gasteiger partial charge in [0.15, 0.2) is 0 Å². The molecule has 0 bridgehead atoms. The highest BCUT2D eigenvalue weighted by atomic mass is 15.2. The van der Waals surface area contributed by atoms with E-state index in [1.54, 1.807) is 0 Å². The first-order chi connectivity index (χ1) is 12.2. The fourth-order valence-corrected chi connectivity index (χ4v) is 2.30. The highest BCUT2D eigenvalue weighted by molar-refractivity contribution is 5.39. The van der Waals surface area contributed by atoms with Crippen LogP contribution >= 0.6 is 0 Å². The lowest BCUT2D eigenvalue weighted by Crippen LogP contribution is -2.18. The Labute approximate surface area is 155 Å². The van der Waals surface area contributed by atoms with Gasteiger partial charge in [-0.3, -0.25) is 4.98 Å². The van der Waals surface area contributed by atoms with Crippen molar-refractivity contribution in [2.45, 2.75) is 67.7 Å². The van der Waals surface area contributed by atoms with Crippen LogP contribution in [-0.2, 0) is 6.42 Å². The molecule has 0 amide bonds. The first-order valence-electron chi connectivity index (χ1n) is 9.78. The number of pyridine rings is 2. The van der Waals surface area contributed by atoms with Gasteiger partial charge in [0.25, 0.3) is 0 Å². The Hall–Kier alpha value is -1.90. The van der Waals surface area contributed by atoms with Gasteiger partial charge in [-0.25, -0.2) is 4.98 Å². The smallest absolute Gasteiger partial charge is 0.128 e. The monoisotopic (exact) mass is 343 g/mol. The molecule has 3 heteroatoms. The topological polar surface area (TPSA) is 29.0 Å². The van der Waals surface area contributed by atoms with E-state index in [4.69, 9.17) is 0 Å². The zero-order valence-electron chi connectivity index (χ0n) is 17.3. The maximum atomic E-state index is 4.39. The Kier molecular flexibility index (Phi) is 13.3. The predicted octanol–water partition coefficient (Wildman–Crippen LogP) is 6.00. The van der Waals surface area contributed by atoms with E-state index in [1.807, 2.05) is 53.1 Å². The lowest BCUT2D eigenvalue weighted by Gasteiger charge is -2.15. The molecule has 0 radical (unpaired) electrons. The second-order valence-electron chi connectivity index (χ2n) is 5.55. The van der Waals surface area contributed by atoms with E-state index < -0.39 is 0 Å². The van der Waals surface area contributed by atoms with Crippen LogP contribution in [0.5, 0.6) is 0 Å². The van der Waals surface area contributed by atoms with Crippen molar-refractivity contribution < 1.29 is 0 Å². The Morgan fingerprint density at radius 1 is 0.840 bits per heavy atom. The first-order valence-corrected chi connectivity index (χ1v) is 9.78. The molecule has 2 aromatic rings. The van der Waals surface area contributed by atoms with Gasteiger partial charge in [-0.05, 0) is 56.4 Å². The molecule has 1 aliphatic heterocycles. The fraction of sp³-hybridized carbons (Fsp3) is 0.545. The molecule has 0 atom stereocenters. The van der Waals surface area contributed by atoms with Gasteiger partial charge in [0, 0.05) is 31.2 Å². The first kappa shape index (κ1) is 23.1. The number of aromatic nitrogens is 2. The van der Waals surface area contributed by atoms with Crippen molar-refractivity contribution in [1.82, 2.24) is 9.97 Å². The standard InChI is InChI=1S/C10H14N2.C8H11N.2C2H6/c1-9-4-5-10(11-8-9)12-6-2-3-7-12;1-3-8-5-4-7(2)9-6-8;2*1-2/h4-5,8H,2-3,6-7H2,1H3;4-6H,3H2,1-2H3;2*1-2H3. The molecule has 25 heavy (non-hydrogen) atoms. The minimum atomic E-state index is 1.08. The summed E-state index contributed by atoms with van der Waals surface area (Å²) in [6, 6.07) is 8.39. The Morgan fingerprint density at radius 3 is 1.92 bits per heavy atom. The predicted molar refractivity (Wildman–Crippen MR) is 111 cm³/mol. The van der Waals surface area contributed by atoms with Gasteiger partial charge < -0.3 is 4.90 Å². The molecule has 3 nitrogen and oxygen atoms in total. The quantitative estimate of drug-likeness (QED) is 0.670. The molecular weight excluding hydrogens is 306 g/mol. The molecule has 140 valence electrons. The molecular formula is C22H37N3. The third-order valence-corrected chi connectivity index (χ3v) is 3.71. The molecule has 2 aromatic heterocycles. The van der Waals surface area contributed by atoms with Crippen LogP contribution in [0.2, 0.25) is 0 Å². The van der Waals surface area contributed by atoms with Gasteiger partial charge in [-0.15, -0.1) is 0 Å². The summed E-state index contributed by atoms with van der Waals surface area (Å²) in [4.78, 5) is 10.9. The largest absolute Gasteiger partial charge is 0.357 e. The van der Waals surface area contributed by atoms with Crippen molar-refractivity contribution >= 4 is 5.82 Å². The molecule has 0 spiro atoms. The van der Waals surface area contributed by atoms with Crippen molar-refractivity contribution in [2.24, 2.45) is 0 Å². The Bertz CT molecular complexity index is 526. The number of hydrogen-bond donors (Lipinski definition) is 0. The molecule has 3 heterocycles. The van der Waals surface area contributed by atoms with Crippen LogP contribution in [0.15, 0.2) is 36.7 Å². The maximum Gasteiger partial charge on any atom is 0.128 e. The summed E-state index contributed by atoms with van der Waals surface area (Å²) in [5.74, 6) is 1.14. The summed E-state index contributed by atoms with van der Waals surface area (Å²) in [6.45, 7) is 16.6. The molecule has 0 aromatic carbocycles. The van der Waals surface area contributed by atoms with E-state index in [2.05, 4.69) is 46.9 Å². The molecule has 0 aliphatic carbocycles. The van der Waals surface area contributed by atoms with Crippen LogP contribution in [0.3, 0.4) is 0 Å². The zero-order chi connectivity index (χ0) is 19.1. The van der Waals surface area contributed by atoms with Gasteiger partial charge in [0.2, 0.25) is 0 Å². The van der Waals surface area contributed by atoms with Crippen molar-refractivity contribution in [3.63, 3.8) is 0 Å². The van der Waals surface area contributed by atoms with Crippen LogP contribution in [-0.4, -0.2) is 23.1 Å². The summed E-state index contributed by atoms with van der Waals surface area (Å²) in [7, 11) is 0. The normalized spacial score (nSPS) is 12.0. The number of anilines is 1. The molecule has 0 unspecified atom stereocenters. The average molecular weight is 344 g/mol. The highest BCUT2D eigenvalue weighted by Crippen LogP contribution is 2.16. The molecule has 1 fully saturated rings. The van der Waals surface area contributed by atoms with Gasteiger partial charge in [-0.2, -0.15) is 0 Å². The number of aryl methyl sites for hydroxylation is 3. The zero-order valence-corrected chi connectivity index (χ0v) is 17.3. The van der Waals surface area contributed by atoms with Crippen LogP contribution in [0.25, 0.3) is 0 Å². The van der Waals surface area contributed by atoms with E-state index >= 15 is 0 Å². The number of hydrogen-bond acceptors (Lipinski definition) is 3. The van der Waals surface area contributed by atoms with Gasteiger partial charge in [0.05, 0.1) is 0 Å². The third-order valence-electron chi connectivity index (χ3n) is 3.71. The van der Waals surface area contributed by atoms with E-state index in [0.717, 1.165) is 17.9 Å². The highest BCUT2D eigenvalue weighted by Gasteiger charge is 2.12. The molecule has 0 N–H and O–H groups in total. The minimum Gasteiger partial charge on any atom is -0.357 e. The lowest BCUT2D eigenvalue weighted by atomic mass is 10.2. The average Bonchev–Trinajstić information content (AvgIpc) is 3.22. The molecule has 1 saturated heterocycles. The van der Waals surface area contributed by atoms with Gasteiger partial charge in [0.1, 0.15) is 5.82 Å². The van der Waals surface area contributed by atoms with Gasteiger partial charge in [-0.1, -0.05) is 46.8 Å². The van der Waals surface area contributed by atoms with Crippen LogP contribution in [0.1, 0.15) is 64.3 Å². The van der Waals surface area contributed by atoms with Gasteiger partial charge >= 0.3 is 0 Å². The number of rotatable bonds is 2. The molecule has 1 aliphatic rings. The summed E-state index contributed by atoms with van der Waals surface area (Å²) >= 11 is 0. The summed E-state index contributed by atoms with van der Waals surface area (Å²) in [5, 5.41) is 0. The summed E-state index contributed by atoms with van der Waals surface area (Å²) in [5.41, 5.74) is 3.63. The van der Waals surface area contributed by atoms with Crippen LogP contribution in [0, 0.1) is 13.8 Å². The second kappa shape index (κ2) is 14.4. The van der Waals surface area contributed by atoms with E-state index in [0.29, 0.717) is 0 Å². The number of nitrogens with zero attached hydrogens (tertiary/aromatic N) is 3. The molecule has 0 saturated carbocycles. The Morgan fingerprint density at radius 2 is 1.48 bits per heavy atom. The van der Waals surface area contributed by atoms with E-state index in [9.17, 15) is 0 Å². The van der Waals surface area contributed by atoms with Crippen LogP contribution in [0.4, 0.5) is 5.82 Å². The summed E-state index contributed by atoms with van der Waals surface area (Å²) in [6.07, 6.45) is 7.57. The third kappa shape index (κ3) is 9.23. The molecule has 3 rings (SSSR count). The maximum absolute atomic E-state index is 4.39. The van der Waals surface area contributed by atoms with Crippen molar-refractivity contribution in [3.05, 3.63) is 53.5 Å².